The molecule has 0 radical (unpaired) electrons. The molecule has 2 fully saturated rings. The van der Waals surface area contributed by atoms with Gasteiger partial charge in [-0.2, -0.15) is 0 Å². The molecule has 0 atom stereocenters. The number of amides is 3. The Morgan fingerprint density at radius 1 is 1.17 bits per heavy atom. The highest BCUT2D eigenvalue weighted by Gasteiger charge is 2.28. The zero-order chi connectivity index (χ0) is 16.9. The SMILES string of the molecule is CSc1ncccc1C(=O)NC1CCN(C(=O)N2CCCC2)CC1. The van der Waals surface area contributed by atoms with Gasteiger partial charge in [-0.15, -0.1) is 11.8 Å². The van der Waals surface area contributed by atoms with Gasteiger partial charge in [0.15, 0.2) is 0 Å². The summed E-state index contributed by atoms with van der Waals surface area (Å²) < 4.78 is 0. The quantitative estimate of drug-likeness (QED) is 0.851. The van der Waals surface area contributed by atoms with Crippen molar-refractivity contribution in [3.05, 3.63) is 23.9 Å². The minimum Gasteiger partial charge on any atom is -0.349 e. The largest absolute Gasteiger partial charge is 0.349 e. The first-order valence-corrected chi connectivity index (χ1v) is 9.75. The van der Waals surface area contributed by atoms with Crippen LogP contribution in [0.5, 0.6) is 0 Å². The molecule has 1 aromatic heterocycles. The molecule has 1 aromatic rings. The number of piperidine rings is 1. The fourth-order valence-electron chi connectivity index (χ4n) is 3.31. The van der Waals surface area contributed by atoms with Gasteiger partial charge in [0.25, 0.3) is 5.91 Å². The van der Waals surface area contributed by atoms with E-state index in [0.717, 1.165) is 43.8 Å². The second-order valence-corrected chi connectivity index (χ2v) is 7.07. The number of nitrogens with zero attached hydrogens (tertiary/aromatic N) is 3. The normalized spacial score (nSPS) is 18.7. The smallest absolute Gasteiger partial charge is 0.319 e. The molecule has 130 valence electrons. The van der Waals surface area contributed by atoms with Crippen molar-refractivity contribution in [2.24, 2.45) is 0 Å². The van der Waals surface area contributed by atoms with Crippen LogP contribution in [0.4, 0.5) is 4.79 Å². The fourth-order valence-corrected chi connectivity index (χ4v) is 3.86. The molecule has 3 rings (SSSR count). The molecule has 0 saturated carbocycles. The molecular formula is C17H24N4O2S. The number of nitrogens with one attached hydrogen (secondary N) is 1. The molecule has 2 aliphatic heterocycles. The van der Waals surface area contributed by atoms with Gasteiger partial charge in [-0.3, -0.25) is 4.79 Å². The molecule has 0 bridgehead atoms. The van der Waals surface area contributed by atoms with Gasteiger partial charge in [-0.1, -0.05) is 0 Å². The van der Waals surface area contributed by atoms with E-state index < -0.39 is 0 Å². The predicted octanol–water partition coefficient (Wildman–Crippen LogP) is 2.21. The lowest BCUT2D eigenvalue weighted by molar-refractivity contribution is 0.0909. The Balaban J connectivity index is 1.51. The van der Waals surface area contributed by atoms with E-state index in [1.807, 2.05) is 16.1 Å². The second-order valence-electron chi connectivity index (χ2n) is 6.27. The Morgan fingerprint density at radius 3 is 2.50 bits per heavy atom. The van der Waals surface area contributed by atoms with Crippen molar-refractivity contribution in [3.8, 4) is 0 Å². The summed E-state index contributed by atoms with van der Waals surface area (Å²) >= 11 is 1.47. The van der Waals surface area contributed by atoms with E-state index >= 15 is 0 Å². The molecule has 2 saturated heterocycles. The van der Waals surface area contributed by atoms with E-state index in [9.17, 15) is 9.59 Å². The second kappa shape index (κ2) is 7.88. The van der Waals surface area contributed by atoms with Crippen LogP contribution in [-0.2, 0) is 0 Å². The number of thioether (sulfide) groups is 1. The first-order chi connectivity index (χ1) is 11.7. The third kappa shape index (κ3) is 3.83. The van der Waals surface area contributed by atoms with Crippen LogP contribution in [0.15, 0.2) is 23.4 Å². The lowest BCUT2D eigenvalue weighted by Gasteiger charge is -2.34. The van der Waals surface area contributed by atoms with Crippen LogP contribution in [-0.4, -0.2) is 65.2 Å². The highest BCUT2D eigenvalue weighted by molar-refractivity contribution is 7.98. The van der Waals surface area contributed by atoms with Crippen molar-refractivity contribution in [1.29, 1.82) is 0 Å². The number of rotatable bonds is 3. The zero-order valence-corrected chi connectivity index (χ0v) is 14.8. The average Bonchev–Trinajstić information content (AvgIpc) is 3.16. The van der Waals surface area contributed by atoms with Crippen LogP contribution in [0.2, 0.25) is 0 Å². The molecule has 1 N–H and O–H groups in total. The number of aromatic nitrogens is 1. The molecule has 3 heterocycles. The standard InChI is InChI=1S/C17H24N4O2S/c1-24-16-14(5-4-8-18-16)15(22)19-13-6-11-21(12-7-13)17(23)20-9-2-3-10-20/h4-5,8,13H,2-3,6-7,9-12H2,1H3,(H,19,22). The van der Waals surface area contributed by atoms with E-state index in [1.165, 1.54) is 11.8 Å². The number of urea groups is 1. The molecule has 6 nitrogen and oxygen atoms in total. The van der Waals surface area contributed by atoms with E-state index in [4.69, 9.17) is 0 Å². The number of hydrogen-bond acceptors (Lipinski definition) is 4. The summed E-state index contributed by atoms with van der Waals surface area (Å²) in [5, 5.41) is 3.84. The third-order valence-corrected chi connectivity index (χ3v) is 5.40. The van der Waals surface area contributed by atoms with Crippen LogP contribution in [0.25, 0.3) is 0 Å². The molecular weight excluding hydrogens is 324 g/mol. The molecule has 0 aromatic carbocycles. The lowest BCUT2D eigenvalue weighted by Crippen LogP contribution is -2.50. The summed E-state index contributed by atoms with van der Waals surface area (Å²) in [6.07, 6.45) is 7.45. The Bertz CT molecular complexity index is 596. The molecule has 0 aliphatic carbocycles. The monoisotopic (exact) mass is 348 g/mol. The summed E-state index contributed by atoms with van der Waals surface area (Å²) in [6, 6.07) is 3.87. The van der Waals surface area contributed by atoms with Gasteiger partial charge in [0.1, 0.15) is 5.03 Å². The fraction of sp³-hybridized carbons (Fsp3) is 0.588. The molecule has 3 amide bonds. The zero-order valence-electron chi connectivity index (χ0n) is 14.0. The van der Waals surface area contributed by atoms with Crippen LogP contribution in [0.1, 0.15) is 36.0 Å². The van der Waals surface area contributed by atoms with Gasteiger partial charge < -0.3 is 15.1 Å². The van der Waals surface area contributed by atoms with Gasteiger partial charge in [0, 0.05) is 38.4 Å². The van der Waals surface area contributed by atoms with E-state index in [0.29, 0.717) is 18.7 Å². The van der Waals surface area contributed by atoms with Crippen molar-refractivity contribution in [2.45, 2.75) is 36.8 Å². The van der Waals surface area contributed by atoms with Crippen molar-refractivity contribution < 1.29 is 9.59 Å². The average molecular weight is 348 g/mol. The first kappa shape index (κ1) is 17.1. The minimum atomic E-state index is -0.0724. The summed E-state index contributed by atoms with van der Waals surface area (Å²) in [4.78, 5) is 33.0. The van der Waals surface area contributed by atoms with Crippen LogP contribution in [0.3, 0.4) is 0 Å². The van der Waals surface area contributed by atoms with Gasteiger partial charge in [0.2, 0.25) is 0 Å². The van der Waals surface area contributed by atoms with Gasteiger partial charge >= 0.3 is 6.03 Å². The van der Waals surface area contributed by atoms with Crippen molar-refractivity contribution >= 4 is 23.7 Å². The highest BCUT2D eigenvalue weighted by atomic mass is 32.2. The Kier molecular flexibility index (Phi) is 5.60. The van der Waals surface area contributed by atoms with Crippen LogP contribution >= 0.6 is 11.8 Å². The summed E-state index contributed by atoms with van der Waals surface area (Å²) in [6.45, 7) is 3.19. The van der Waals surface area contributed by atoms with Crippen LogP contribution in [0, 0.1) is 0 Å². The Labute approximate surface area is 147 Å². The number of hydrogen-bond donors (Lipinski definition) is 1. The summed E-state index contributed by atoms with van der Waals surface area (Å²) in [7, 11) is 0. The topological polar surface area (TPSA) is 65.5 Å². The molecule has 2 aliphatic rings. The number of carbonyl (C=O) groups is 2. The van der Waals surface area contributed by atoms with E-state index in [1.54, 1.807) is 18.3 Å². The first-order valence-electron chi connectivity index (χ1n) is 8.53. The maximum Gasteiger partial charge on any atom is 0.319 e. The van der Waals surface area contributed by atoms with E-state index in [-0.39, 0.29) is 18.0 Å². The van der Waals surface area contributed by atoms with Crippen LogP contribution < -0.4 is 5.32 Å². The highest BCUT2D eigenvalue weighted by Crippen LogP contribution is 2.19. The lowest BCUT2D eigenvalue weighted by atomic mass is 10.0. The summed E-state index contributed by atoms with van der Waals surface area (Å²) in [5.74, 6) is -0.0724. The summed E-state index contributed by atoms with van der Waals surface area (Å²) in [5.41, 5.74) is 0.626. The predicted molar refractivity (Wildman–Crippen MR) is 94.3 cm³/mol. The van der Waals surface area contributed by atoms with Gasteiger partial charge in [0.05, 0.1) is 5.56 Å². The van der Waals surface area contributed by atoms with Crippen molar-refractivity contribution in [2.75, 3.05) is 32.4 Å². The van der Waals surface area contributed by atoms with E-state index in [2.05, 4.69) is 10.3 Å². The van der Waals surface area contributed by atoms with Gasteiger partial charge in [-0.05, 0) is 44.1 Å². The molecule has 24 heavy (non-hydrogen) atoms. The molecule has 7 heteroatoms. The van der Waals surface area contributed by atoms with Gasteiger partial charge in [-0.25, -0.2) is 9.78 Å². The minimum absolute atomic E-state index is 0.0724. The molecule has 0 unspecified atom stereocenters. The number of carbonyl (C=O) groups excluding carboxylic acids is 2. The molecule has 0 spiro atoms. The van der Waals surface area contributed by atoms with Crippen molar-refractivity contribution in [3.63, 3.8) is 0 Å². The maximum absolute atomic E-state index is 12.5. The Morgan fingerprint density at radius 2 is 1.83 bits per heavy atom. The Hall–Kier alpha value is -1.76. The number of likely N-dealkylation sites (tertiary alicyclic amines) is 2. The third-order valence-electron chi connectivity index (χ3n) is 4.69. The van der Waals surface area contributed by atoms with Crippen molar-refractivity contribution in [1.82, 2.24) is 20.1 Å². The maximum atomic E-state index is 12.5. The number of pyridine rings is 1.